The van der Waals surface area contributed by atoms with Crippen molar-refractivity contribution in [3.05, 3.63) is 85.5 Å². The van der Waals surface area contributed by atoms with E-state index in [0.29, 0.717) is 30.8 Å². The lowest BCUT2D eigenvalue weighted by Gasteiger charge is -2.39. The van der Waals surface area contributed by atoms with Crippen molar-refractivity contribution in [1.82, 2.24) is 9.80 Å². The van der Waals surface area contributed by atoms with Crippen molar-refractivity contribution in [2.75, 3.05) is 38.8 Å². The number of methoxy groups -OCH3 is 1. The van der Waals surface area contributed by atoms with Gasteiger partial charge in [0.15, 0.2) is 0 Å². The SMILES string of the molecule is C=CCN(C)C(=O)[C@@H]1[C@H]2C(=O)N([C@H](CO)c3ccccc3)C(C(=O)N(CC=C)c3ccc(OC)cc3)C23CC[C@@]1(C)S3. The Kier molecular flexibility index (Phi) is 8.27. The molecule has 0 aliphatic carbocycles. The van der Waals surface area contributed by atoms with E-state index in [9.17, 15) is 19.5 Å². The molecular weight excluding hydrogens is 550 g/mol. The maximum absolute atomic E-state index is 14.9. The molecule has 8 nitrogen and oxygen atoms in total. The second-order valence-electron chi connectivity index (χ2n) is 11.5. The molecule has 3 aliphatic heterocycles. The maximum Gasteiger partial charge on any atom is 0.251 e. The van der Waals surface area contributed by atoms with E-state index < -0.39 is 33.4 Å². The first-order valence-corrected chi connectivity index (χ1v) is 15.1. The number of carbonyl (C=O) groups is 3. The van der Waals surface area contributed by atoms with Crippen molar-refractivity contribution in [2.45, 2.75) is 41.3 Å². The molecule has 2 bridgehead atoms. The Morgan fingerprint density at radius 2 is 1.76 bits per heavy atom. The monoisotopic (exact) mass is 589 g/mol. The molecule has 2 unspecified atom stereocenters. The maximum atomic E-state index is 14.9. The molecular formula is C33H39N3O5S. The van der Waals surface area contributed by atoms with Gasteiger partial charge in [-0.05, 0) is 49.6 Å². The summed E-state index contributed by atoms with van der Waals surface area (Å²) < 4.78 is 4.00. The van der Waals surface area contributed by atoms with Gasteiger partial charge < -0.3 is 24.5 Å². The number of nitrogens with zero attached hydrogens (tertiary/aromatic N) is 3. The van der Waals surface area contributed by atoms with E-state index in [-0.39, 0.29) is 30.9 Å². The highest BCUT2D eigenvalue weighted by Gasteiger charge is 2.78. The van der Waals surface area contributed by atoms with Gasteiger partial charge in [-0.2, -0.15) is 0 Å². The molecule has 0 aromatic heterocycles. The Labute approximate surface area is 252 Å². The molecule has 42 heavy (non-hydrogen) atoms. The third-order valence-electron chi connectivity index (χ3n) is 9.15. The number of anilines is 1. The first kappa shape index (κ1) is 29.9. The molecule has 3 amide bonds. The Hall–Kier alpha value is -3.56. The van der Waals surface area contributed by atoms with Gasteiger partial charge in [0.2, 0.25) is 11.8 Å². The van der Waals surface area contributed by atoms with E-state index in [4.69, 9.17) is 4.74 Å². The third-order valence-corrected chi connectivity index (χ3v) is 11.1. The molecule has 2 aromatic rings. The smallest absolute Gasteiger partial charge is 0.251 e. The van der Waals surface area contributed by atoms with Gasteiger partial charge in [0.1, 0.15) is 11.8 Å². The second kappa shape index (κ2) is 11.6. The zero-order valence-electron chi connectivity index (χ0n) is 24.4. The number of rotatable bonds is 11. The fourth-order valence-corrected chi connectivity index (χ4v) is 9.60. The van der Waals surface area contributed by atoms with E-state index in [2.05, 4.69) is 20.1 Å². The van der Waals surface area contributed by atoms with E-state index >= 15 is 0 Å². The van der Waals surface area contributed by atoms with Crippen LogP contribution in [0.25, 0.3) is 0 Å². The molecule has 0 radical (unpaired) electrons. The zero-order chi connectivity index (χ0) is 30.2. The molecule has 3 heterocycles. The van der Waals surface area contributed by atoms with Crippen molar-refractivity contribution >= 4 is 35.2 Å². The Morgan fingerprint density at radius 3 is 2.36 bits per heavy atom. The number of hydrogen-bond acceptors (Lipinski definition) is 6. The lowest BCUT2D eigenvalue weighted by Crippen LogP contribution is -2.56. The van der Waals surface area contributed by atoms with Crippen LogP contribution < -0.4 is 9.64 Å². The number of benzene rings is 2. The fraction of sp³-hybridized carbons (Fsp3) is 0.424. The van der Waals surface area contributed by atoms with Crippen LogP contribution in [0.2, 0.25) is 0 Å². The summed E-state index contributed by atoms with van der Waals surface area (Å²) in [6.45, 7) is 9.96. The van der Waals surface area contributed by atoms with Crippen LogP contribution in [-0.2, 0) is 14.4 Å². The number of carbonyl (C=O) groups excluding carboxylic acids is 3. The Morgan fingerprint density at radius 1 is 1.10 bits per heavy atom. The number of aliphatic hydroxyl groups excluding tert-OH is 1. The topological polar surface area (TPSA) is 90.4 Å². The van der Waals surface area contributed by atoms with Gasteiger partial charge in [0, 0.05) is 30.6 Å². The quantitative estimate of drug-likeness (QED) is 0.398. The summed E-state index contributed by atoms with van der Waals surface area (Å²) in [5.74, 6) is -1.27. The average molecular weight is 590 g/mol. The van der Waals surface area contributed by atoms with Gasteiger partial charge in [-0.15, -0.1) is 24.9 Å². The summed E-state index contributed by atoms with van der Waals surface area (Å²) in [5, 5.41) is 10.7. The molecule has 1 N–H and O–H groups in total. The first-order chi connectivity index (χ1) is 20.2. The van der Waals surface area contributed by atoms with Crippen LogP contribution in [0.5, 0.6) is 5.75 Å². The van der Waals surface area contributed by atoms with Crippen LogP contribution in [0.15, 0.2) is 79.9 Å². The standard InChI is InChI=1S/C33H39N3O5S/c1-6-19-34(4)29(38)26-27-30(39)36(25(21-37)22-11-9-8-10-12-22)28(33(27)18-17-32(26,3)42-33)31(40)35(20-7-2)23-13-15-24(41-5)16-14-23/h6-16,25-28,37H,1-2,17-21H2,3-5H3/t25-,26+,27+,28?,32-,33?/m1/s1. The Balaban J connectivity index is 1.66. The number of hydrogen-bond donors (Lipinski definition) is 1. The number of likely N-dealkylation sites (tertiary alicyclic amines) is 1. The van der Waals surface area contributed by atoms with Crippen LogP contribution in [0, 0.1) is 11.8 Å². The predicted molar refractivity (Wildman–Crippen MR) is 165 cm³/mol. The van der Waals surface area contributed by atoms with Crippen LogP contribution in [0.3, 0.4) is 0 Å². The lowest BCUT2D eigenvalue weighted by atomic mass is 9.66. The van der Waals surface area contributed by atoms with E-state index in [1.54, 1.807) is 64.9 Å². The minimum Gasteiger partial charge on any atom is -0.497 e. The third kappa shape index (κ3) is 4.63. The molecule has 5 rings (SSSR count). The molecule has 3 aliphatic rings. The fourth-order valence-electron chi connectivity index (χ4n) is 7.27. The van der Waals surface area contributed by atoms with Crippen molar-refractivity contribution in [3.63, 3.8) is 0 Å². The number of thioether (sulfide) groups is 1. The lowest BCUT2D eigenvalue weighted by molar-refractivity contribution is -0.146. The molecule has 2 aromatic carbocycles. The number of aliphatic hydroxyl groups is 1. The predicted octanol–water partition coefficient (Wildman–Crippen LogP) is 4.07. The zero-order valence-corrected chi connectivity index (χ0v) is 25.3. The molecule has 0 saturated carbocycles. The van der Waals surface area contributed by atoms with Crippen molar-refractivity contribution in [3.8, 4) is 5.75 Å². The van der Waals surface area contributed by atoms with Crippen LogP contribution >= 0.6 is 11.8 Å². The van der Waals surface area contributed by atoms with Gasteiger partial charge in [-0.25, -0.2) is 0 Å². The van der Waals surface area contributed by atoms with Crippen LogP contribution in [0.4, 0.5) is 5.69 Å². The van der Waals surface area contributed by atoms with Gasteiger partial charge in [-0.3, -0.25) is 14.4 Å². The summed E-state index contributed by atoms with van der Waals surface area (Å²) in [6, 6.07) is 14.9. The largest absolute Gasteiger partial charge is 0.497 e. The van der Waals surface area contributed by atoms with E-state index in [1.807, 2.05) is 42.5 Å². The van der Waals surface area contributed by atoms with Gasteiger partial charge >= 0.3 is 0 Å². The van der Waals surface area contributed by atoms with E-state index in [1.165, 1.54) is 0 Å². The summed E-state index contributed by atoms with van der Waals surface area (Å²) >= 11 is 1.62. The Bertz CT molecular complexity index is 1370. The highest BCUT2D eigenvalue weighted by Crippen LogP contribution is 2.72. The van der Waals surface area contributed by atoms with Gasteiger partial charge in [-0.1, -0.05) is 42.5 Å². The minimum atomic E-state index is -0.899. The van der Waals surface area contributed by atoms with Crippen molar-refractivity contribution < 1.29 is 24.2 Å². The summed E-state index contributed by atoms with van der Waals surface area (Å²) in [7, 11) is 3.31. The first-order valence-electron chi connectivity index (χ1n) is 14.3. The molecule has 3 saturated heterocycles. The van der Waals surface area contributed by atoms with Crippen molar-refractivity contribution in [2.24, 2.45) is 11.8 Å². The molecule has 6 atom stereocenters. The summed E-state index contributed by atoms with van der Waals surface area (Å²) in [5.41, 5.74) is 1.38. The molecule has 9 heteroatoms. The highest BCUT2D eigenvalue weighted by molar-refractivity contribution is 8.02. The van der Waals surface area contributed by atoms with E-state index in [0.717, 1.165) is 5.56 Å². The van der Waals surface area contributed by atoms with Gasteiger partial charge in [0.05, 0.1) is 36.3 Å². The summed E-state index contributed by atoms with van der Waals surface area (Å²) in [6.07, 6.45) is 4.65. The highest BCUT2D eigenvalue weighted by atomic mass is 32.2. The molecule has 222 valence electrons. The molecule has 1 spiro atoms. The minimum absolute atomic E-state index is 0.115. The normalized spacial score (nSPS) is 28.2. The second-order valence-corrected chi connectivity index (χ2v) is 13.4. The van der Waals surface area contributed by atoms with Crippen LogP contribution in [0.1, 0.15) is 31.4 Å². The summed E-state index contributed by atoms with van der Waals surface area (Å²) in [4.78, 5) is 48.4. The van der Waals surface area contributed by atoms with Crippen molar-refractivity contribution in [1.29, 1.82) is 0 Å². The average Bonchev–Trinajstić information content (AvgIpc) is 3.57. The number of amides is 3. The number of likely N-dealkylation sites (N-methyl/N-ethyl adjacent to an activating group) is 1. The number of fused-ring (bicyclic) bond motifs is 1. The van der Waals surface area contributed by atoms with Crippen LogP contribution in [-0.4, -0.2) is 82.0 Å². The number of ether oxygens (including phenoxy) is 1. The van der Waals surface area contributed by atoms with Gasteiger partial charge in [0.25, 0.3) is 5.91 Å². The molecule has 3 fully saturated rings.